The minimum Gasteiger partial charge on any atom is -0.467 e. The number of carbonyl (C=O) groups is 3. The van der Waals surface area contributed by atoms with Gasteiger partial charge in [-0.1, -0.05) is 62.4 Å². The Morgan fingerprint density at radius 2 is 1.59 bits per heavy atom. The number of amides is 2. The number of nitrogens with one attached hydrogen (secondary N) is 2. The van der Waals surface area contributed by atoms with Crippen molar-refractivity contribution in [2.45, 2.75) is 45.1 Å². The molecule has 0 aliphatic carbocycles. The van der Waals surface area contributed by atoms with Crippen molar-refractivity contribution in [3.05, 3.63) is 71.3 Å². The van der Waals surface area contributed by atoms with Crippen LogP contribution in [0.3, 0.4) is 0 Å². The summed E-state index contributed by atoms with van der Waals surface area (Å²) in [6.07, 6.45) is -5.61. The molecule has 0 fully saturated rings. The number of halogens is 3. The Hall–Kier alpha value is -3.56. The summed E-state index contributed by atoms with van der Waals surface area (Å²) in [6, 6.07) is 11.1. The fraction of sp³-hybridized carbons (Fsp3) is 0.375. The summed E-state index contributed by atoms with van der Waals surface area (Å²) in [5.41, 5.74) is 0.0692. The molecule has 34 heavy (non-hydrogen) atoms. The van der Waals surface area contributed by atoms with Gasteiger partial charge in [-0.25, -0.2) is 9.59 Å². The molecule has 0 aliphatic heterocycles. The number of benzene rings is 2. The van der Waals surface area contributed by atoms with Gasteiger partial charge in [0, 0.05) is 6.42 Å². The van der Waals surface area contributed by atoms with Crippen LogP contribution in [0, 0.1) is 5.92 Å². The Bertz CT molecular complexity index is 980. The van der Waals surface area contributed by atoms with Crippen LogP contribution in [0.15, 0.2) is 54.6 Å². The van der Waals surface area contributed by atoms with Crippen molar-refractivity contribution >= 4 is 18.0 Å². The van der Waals surface area contributed by atoms with Gasteiger partial charge in [0.1, 0.15) is 18.7 Å². The van der Waals surface area contributed by atoms with E-state index in [4.69, 9.17) is 9.47 Å². The van der Waals surface area contributed by atoms with Gasteiger partial charge in [-0.15, -0.1) is 0 Å². The van der Waals surface area contributed by atoms with Crippen LogP contribution >= 0.6 is 0 Å². The lowest BCUT2D eigenvalue weighted by molar-refractivity contribution is -0.145. The van der Waals surface area contributed by atoms with E-state index in [-0.39, 0.29) is 24.5 Å². The quantitative estimate of drug-likeness (QED) is 0.532. The van der Waals surface area contributed by atoms with Crippen LogP contribution in [-0.2, 0) is 38.3 Å². The molecule has 0 heterocycles. The number of rotatable bonds is 9. The zero-order chi connectivity index (χ0) is 25.3. The molecule has 0 bridgehead atoms. The number of hydrogen-bond donors (Lipinski definition) is 2. The molecule has 0 unspecified atom stereocenters. The number of alkyl halides is 3. The third kappa shape index (κ3) is 8.09. The molecular formula is C24H27F3N2O5. The van der Waals surface area contributed by atoms with Gasteiger partial charge in [-0.05, 0) is 23.1 Å². The van der Waals surface area contributed by atoms with Crippen LogP contribution in [-0.4, -0.2) is 37.2 Å². The van der Waals surface area contributed by atoms with E-state index in [1.54, 1.807) is 38.1 Å². The lowest BCUT2D eigenvalue weighted by Crippen LogP contribution is -2.54. The first kappa shape index (κ1) is 26.7. The Kier molecular flexibility index (Phi) is 9.47. The summed E-state index contributed by atoms with van der Waals surface area (Å²) in [5, 5.41) is 4.94. The van der Waals surface area contributed by atoms with Crippen LogP contribution in [0.25, 0.3) is 0 Å². The van der Waals surface area contributed by atoms with Crippen LogP contribution in [0.4, 0.5) is 18.0 Å². The molecule has 2 aromatic rings. The van der Waals surface area contributed by atoms with Gasteiger partial charge in [0.25, 0.3) is 0 Å². The Labute approximate surface area is 195 Å². The highest BCUT2D eigenvalue weighted by Crippen LogP contribution is 2.29. The smallest absolute Gasteiger partial charge is 0.416 e. The van der Waals surface area contributed by atoms with E-state index < -0.39 is 41.8 Å². The first-order chi connectivity index (χ1) is 16.0. The first-order valence-corrected chi connectivity index (χ1v) is 10.5. The van der Waals surface area contributed by atoms with Gasteiger partial charge < -0.3 is 20.1 Å². The van der Waals surface area contributed by atoms with Gasteiger partial charge in [-0.2, -0.15) is 13.2 Å². The number of alkyl carbamates (subject to hydrolysis) is 1. The Morgan fingerprint density at radius 1 is 0.941 bits per heavy atom. The highest BCUT2D eigenvalue weighted by molar-refractivity contribution is 5.90. The summed E-state index contributed by atoms with van der Waals surface area (Å²) < 4.78 is 48.9. The second-order valence-corrected chi connectivity index (χ2v) is 7.91. The molecule has 0 saturated heterocycles. The predicted molar refractivity (Wildman–Crippen MR) is 117 cm³/mol. The normalized spacial score (nSPS) is 13.0. The predicted octanol–water partition coefficient (Wildman–Crippen LogP) is 3.86. The fourth-order valence-corrected chi connectivity index (χ4v) is 3.13. The van der Waals surface area contributed by atoms with Crippen LogP contribution in [0.5, 0.6) is 0 Å². The monoisotopic (exact) mass is 480 g/mol. The van der Waals surface area contributed by atoms with Crippen LogP contribution < -0.4 is 10.6 Å². The van der Waals surface area contributed by atoms with Crippen LogP contribution in [0.1, 0.15) is 30.5 Å². The summed E-state index contributed by atoms with van der Waals surface area (Å²) in [6.45, 7) is 3.36. The van der Waals surface area contributed by atoms with E-state index in [0.717, 1.165) is 24.8 Å². The average molecular weight is 480 g/mol. The fourth-order valence-electron chi connectivity index (χ4n) is 3.13. The van der Waals surface area contributed by atoms with Crippen molar-refractivity contribution in [1.82, 2.24) is 10.6 Å². The lowest BCUT2D eigenvalue weighted by atomic mass is 10.0. The molecule has 2 rings (SSSR count). The molecule has 0 radical (unpaired) electrons. The standard InChI is InChI=1S/C24H27F3N2O5/c1-15(2)20(29-23(32)34-14-16-8-5-4-6-9-16)21(30)28-19(22(31)33-3)13-17-10-7-11-18(12-17)24(25,26)27/h4-12,15,19-20H,13-14H2,1-3H3,(H,28,30)(H,29,32)/t19-,20+/m1/s1. The molecule has 2 amide bonds. The maximum absolute atomic E-state index is 13.0. The molecule has 10 heteroatoms. The van der Waals surface area contributed by atoms with Crippen molar-refractivity contribution in [3.8, 4) is 0 Å². The summed E-state index contributed by atoms with van der Waals surface area (Å²) in [5.74, 6) is -1.91. The molecular weight excluding hydrogens is 453 g/mol. The summed E-state index contributed by atoms with van der Waals surface area (Å²) >= 11 is 0. The molecule has 2 atom stereocenters. The molecule has 0 spiro atoms. The average Bonchev–Trinajstić information content (AvgIpc) is 2.80. The minimum absolute atomic E-state index is 0.000556. The number of hydrogen-bond acceptors (Lipinski definition) is 5. The molecule has 0 saturated carbocycles. The number of ether oxygens (including phenoxy) is 2. The second-order valence-electron chi connectivity index (χ2n) is 7.91. The highest BCUT2D eigenvalue weighted by atomic mass is 19.4. The van der Waals surface area contributed by atoms with E-state index in [0.29, 0.717) is 0 Å². The van der Waals surface area contributed by atoms with Gasteiger partial charge in [-0.3, -0.25) is 4.79 Å². The zero-order valence-corrected chi connectivity index (χ0v) is 19.0. The van der Waals surface area contributed by atoms with Gasteiger partial charge in [0.15, 0.2) is 0 Å². The molecule has 2 N–H and O–H groups in total. The third-order valence-corrected chi connectivity index (χ3v) is 4.93. The van der Waals surface area contributed by atoms with Crippen LogP contribution in [0.2, 0.25) is 0 Å². The Morgan fingerprint density at radius 3 is 2.18 bits per heavy atom. The van der Waals surface area contributed by atoms with Crippen molar-refractivity contribution in [3.63, 3.8) is 0 Å². The number of esters is 1. The molecule has 7 nitrogen and oxygen atoms in total. The third-order valence-electron chi connectivity index (χ3n) is 4.93. The second kappa shape index (κ2) is 12.1. The van der Waals surface area contributed by atoms with Crippen molar-refractivity contribution in [2.24, 2.45) is 5.92 Å². The van der Waals surface area contributed by atoms with Gasteiger partial charge in [0.05, 0.1) is 12.7 Å². The van der Waals surface area contributed by atoms with E-state index >= 15 is 0 Å². The van der Waals surface area contributed by atoms with Gasteiger partial charge in [0.2, 0.25) is 5.91 Å². The maximum atomic E-state index is 13.0. The van der Waals surface area contributed by atoms with Crippen molar-refractivity contribution < 1.29 is 37.0 Å². The highest BCUT2D eigenvalue weighted by Gasteiger charge is 2.32. The molecule has 2 aromatic carbocycles. The van der Waals surface area contributed by atoms with Crippen molar-refractivity contribution in [1.29, 1.82) is 0 Å². The summed E-state index contributed by atoms with van der Waals surface area (Å²) in [7, 11) is 1.10. The molecule has 0 aliphatic rings. The first-order valence-electron chi connectivity index (χ1n) is 10.5. The Balaban J connectivity index is 2.08. The van der Waals surface area contributed by atoms with E-state index in [2.05, 4.69) is 10.6 Å². The molecule has 0 aromatic heterocycles. The topological polar surface area (TPSA) is 93.7 Å². The largest absolute Gasteiger partial charge is 0.467 e. The minimum atomic E-state index is -4.55. The van der Waals surface area contributed by atoms with Crippen molar-refractivity contribution in [2.75, 3.05) is 7.11 Å². The zero-order valence-electron chi connectivity index (χ0n) is 19.0. The summed E-state index contributed by atoms with van der Waals surface area (Å²) in [4.78, 5) is 37.3. The van der Waals surface area contributed by atoms with E-state index in [1.165, 1.54) is 12.1 Å². The van der Waals surface area contributed by atoms with Gasteiger partial charge >= 0.3 is 18.2 Å². The van der Waals surface area contributed by atoms with E-state index in [1.807, 2.05) is 6.07 Å². The lowest BCUT2D eigenvalue weighted by Gasteiger charge is -2.24. The van der Waals surface area contributed by atoms with E-state index in [9.17, 15) is 27.6 Å². The SMILES string of the molecule is COC(=O)[C@@H](Cc1cccc(C(F)(F)F)c1)NC(=O)[C@@H](NC(=O)OCc1ccccc1)C(C)C. The number of carbonyl (C=O) groups excluding carboxylic acids is 3. The molecule has 184 valence electrons. The number of methoxy groups -OCH3 is 1. The maximum Gasteiger partial charge on any atom is 0.416 e.